The van der Waals surface area contributed by atoms with Crippen LogP contribution in [0.2, 0.25) is 5.02 Å². The molecule has 0 radical (unpaired) electrons. The van der Waals surface area contributed by atoms with Crippen LogP contribution in [0.25, 0.3) is 0 Å². The Kier molecular flexibility index (Phi) is 8.89. The number of carbonyl (C=O) groups is 1. The van der Waals surface area contributed by atoms with Gasteiger partial charge >= 0.3 is 0 Å². The fourth-order valence-corrected chi connectivity index (χ4v) is 2.84. The largest absolute Gasteiger partial charge is 0.350 e. The average molecular weight is 353 g/mol. The van der Waals surface area contributed by atoms with E-state index in [1.807, 2.05) is 54.8 Å². The lowest BCUT2D eigenvalue weighted by Gasteiger charge is -2.23. The van der Waals surface area contributed by atoms with E-state index in [4.69, 9.17) is 11.6 Å². The summed E-state index contributed by atoms with van der Waals surface area (Å²) in [5.41, 5.74) is 3.06. The van der Waals surface area contributed by atoms with Gasteiger partial charge in [0.05, 0.1) is 5.69 Å². The van der Waals surface area contributed by atoms with Crippen molar-refractivity contribution in [3.8, 4) is 0 Å². The predicted molar refractivity (Wildman–Crippen MR) is 103 cm³/mol. The number of hydrogen-bond donors (Lipinski definition) is 1. The lowest BCUT2D eigenvalue weighted by molar-refractivity contribution is -0.119. The van der Waals surface area contributed by atoms with Gasteiger partial charge in [0.1, 0.15) is 6.54 Å². The SMILES string of the molecule is C/C=C(\C=C/CC)CNC(=O)CN(SC)c1cccc(Cl)c1C. The first-order valence-corrected chi connectivity index (χ1v) is 9.24. The van der Waals surface area contributed by atoms with E-state index in [0.717, 1.165) is 23.2 Å². The molecule has 0 spiro atoms. The molecule has 126 valence electrons. The van der Waals surface area contributed by atoms with Crippen LogP contribution in [0.5, 0.6) is 0 Å². The highest BCUT2D eigenvalue weighted by molar-refractivity contribution is 8.00. The Bertz CT molecular complexity index is 584. The average Bonchev–Trinajstić information content (AvgIpc) is 2.55. The smallest absolute Gasteiger partial charge is 0.240 e. The van der Waals surface area contributed by atoms with Crippen molar-refractivity contribution in [2.75, 3.05) is 23.7 Å². The van der Waals surface area contributed by atoms with Crippen LogP contribution < -0.4 is 9.62 Å². The van der Waals surface area contributed by atoms with Crippen LogP contribution in [0.15, 0.2) is 42.0 Å². The van der Waals surface area contributed by atoms with Crippen molar-refractivity contribution in [2.24, 2.45) is 0 Å². The number of rotatable bonds is 8. The van der Waals surface area contributed by atoms with Crippen molar-refractivity contribution >= 4 is 35.1 Å². The van der Waals surface area contributed by atoms with Crippen LogP contribution in [0.3, 0.4) is 0 Å². The van der Waals surface area contributed by atoms with E-state index in [0.29, 0.717) is 11.6 Å². The molecule has 0 aliphatic carbocycles. The third-order valence-corrected chi connectivity index (χ3v) is 4.62. The van der Waals surface area contributed by atoms with E-state index in [1.54, 1.807) is 0 Å². The van der Waals surface area contributed by atoms with E-state index in [9.17, 15) is 4.79 Å². The van der Waals surface area contributed by atoms with Crippen molar-refractivity contribution in [2.45, 2.75) is 27.2 Å². The van der Waals surface area contributed by atoms with Crippen LogP contribution >= 0.6 is 23.5 Å². The molecule has 0 atom stereocenters. The Labute approximate surface area is 148 Å². The van der Waals surface area contributed by atoms with Crippen LogP contribution in [-0.2, 0) is 4.79 Å². The van der Waals surface area contributed by atoms with Gasteiger partial charge < -0.3 is 9.62 Å². The molecule has 0 saturated carbocycles. The molecule has 3 nitrogen and oxygen atoms in total. The molecular weight excluding hydrogens is 328 g/mol. The molecule has 0 aliphatic rings. The van der Waals surface area contributed by atoms with Gasteiger partial charge in [0.2, 0.25) is 5.91 Å². The van der Waals surface area contributed by atoms with Crippen molar-refractivity contribution in [3.05, 3.63) is 52.6 Å². The monoisotopic (exact) mass is 352 g/mol. The second-order valence-corrected chi connectivity index (χ2v) is 6.27. The Morgan fingerprint density at radius 1 is 1.43 bits per heavy atom. The van der Waals surface area contributed by atoms with Crippen LogP contribution in [0.1, 0.15) is 25.8 Å². The van der Waals surface area contributed by atoms with Gasteiger partial charge in [-0.2, -0.15) is 0 Å². The summed E-state index contributed by atoms with van der Waals surface area (Å²) in [7, 11) is 0. The lowest BCUT2D eigenvalue weighted by Crippen LogP contribution is -2.35. The number of nitrogens with zero attached hydrogens (tertiary/aromatic N) is 1. The zero-order chi connectivity index (χ0) is 17.2. The molecule has 0 fully saturated rings. The van der Waals surface area contributed by atoms with Gasteiger partial charge in [-0.15, -0.1) is 0 Å². The van der Waals surface area contributed by atoms with Crippen molar-refractivity contribution in [1.29, 1.82) is 0 Å². The molecule has 1 aromatic carbocycles. The molecule has 1 rings (SSSR count). The first-order valence-electron chi connectivity index (χ1n) is 7.68. The number of carbonyl (C=O) groups excluding carboxylic acids is 1. The second kappa shape index (κ2) is 10.4. The molecule has 0 unspecified atom stereocenters. The molecule has 0 aromatic heterocycles. The van der Waals surface area contributed by atoms with Gasteiger partial charge in [-0.25, -0.2) is 0 Å². The Balaban J connectivity index is 2.67. The van der Waals surface area contributed by atoms with E-state index in [1.165, 1.54) is 11.9 Å². The number of benzene rings is 1. The topological polar surface area (TPSA) is 32.3 Å². The summed E-state index contributed by atoms with van der Waals surface area (Å²) in [6.45, 7) is 6.86. The minimum atomic E-state index is -0.0111. The molecule has 1 aromatic rings. The van der Waals surface area contributed by atoms with Gasteiger partial charge in [0, 0.05) is 17.8 Å². The van der Waals surface area contributed by atoms with E-state index in [-0.39, 0.29) is 12.5 Å². The van der Waals surface area contributed by atoms with Gasteiger partial charge in [-0.1, -0.05) is 54.8 Å². The van der Waals surface area contributed by atoms with Gasteiger partial charge in [-0.05, 0) is 43.5 Å². The summed E-state index contributed by atoms with van der Waals surface area (Å²) >= 11 is 7.68. The van der Waals surface area contributed by atoms with Gasteiger partial charge in [0.25, 0.3) is 0 Å². The normalized spacial score (nSPS) is 11.8. The fraction of sp³-hybridized carbons (Fsp3) is 0.389. The third-order valence-electron chi connectivity index (χ3n) is 3.44. The van der Waals surface area contributed by atoms with Crippen molar-refractivity contribution < 1.29 is 4.79 Å². The number of nitrogens with one attached hydrogen (secondary N) is 1. The maximum absolute atomic E-state index is 12.2. The van der Waals surface area contributed by atoms with Gasteiger partial charge in [-0.3, -0.25) is 4.79 Å². The van der Waals surface area contributed by atoms with E-state index < -0.39 is 0 Å². The Morgan fingerprint density at radius 2 is 2.17 bits per heavy atom. The van der Waals surface area contributed by atoms with Crippen molar-refractivity contribution in [3.63, 3.8) is 0 Å². The number of anilines is 1. The summed E-state index contributed by atoms with van der Waals surface area (Å²) in [5.74, 6) is -0.0111. The zero-order valence-corrected chi connectivity index (χ0v) is 15.8. The minimum Gasteiger partial charge on any atom is -0.350 e. The molecule has 23 heavy (non-hydrogen) atoms. The highest BCUT2D eigenvalue weighted by Gasteiger charge is 2.14. The highest BCUT2D eigenvalue weighted by Crippen LogP contribution is 2.29. The maximum Gasteiger partial charge on any atom is 0.240 e. The van der Waals surface area contributed by atoms with E-state index >= 15 is 0 Å². The van der Waals surface area contributed by atoms with Gasteiger partial charge in [0.15, 0.2) is 0 Å². The highest BCUT2D eigenvalue weighted by atomic mass is 35.5. The van der Waals surface area contributed by atoms with Crippen molar-refractivity contribution in [1.82, 2.24) is 5.32 Å². The molecule has 0 heterocycles. The maximum atomic E-state index is 12.2. The summed E-state index contributed by atoms with van der Waals surface area (Å²) < 4.78 is 1.95. The quantitative estimate of drug-likeness (QED) is 0.540. The molecular formula is C18H25ClN2OS. The summed E-state index contributed by atoms with van der Waals surface area (Å²) in [4.78, 5) is 12.2. The number of amides is 1. The molecule has 0 bridgehead atoms. The first kappa shape index (κ1) is 19.7. The lowest BCUT2D eigenvalue weighted by atomic mass is 10.2. The Hall–Kier alpha value is -1.39. The van der Waals surface area contributed by atoms with Crippen LogP contribution in [0, 0.1) is 6.92 Å². The standard InChI is InChI=1S/C18H25ClN2OS/c1-5-7-9-15(6-2)12-20-18(22)13-21(23-4)17-11-8-10-16(19)14(17)3/h6-11H,5,12-13H2,1-4H3,(H,20,22)/b9-7-,15-6+. The predicted octanol–water partition coefficient (Wildman–Crippen LogP) is 4.76. The minimum absolute atomic E-state index is 0.0111. The van der Waals surface area contributed by atoms with Crippen LogP contribution in [0.4, 0.5) is 5.69 Å². The summed E-state index contributed by atoms with van der Waals surface area (Å²) in [5, 5.41) is 3.68. The molecule has 1 N–H and O–H groups in total. The zero-order valence-electron chi connectivity index (χ0n) is 14.2. The third kappa shape index (κ3) is 6.32. The molecule has 0 aliphatic heterocycles. The summed E-state index contributed by atoms with van der Waals surface area (Å²) in [6, 6.07) is 5.74. The molecule has 1 amide bonds. The Morgan fingerprint density at radius 3 is 2.78 bits per heavy atom. The number of allylic oxidation sites excluding steroid dienone is 2. The van der Waals surface area contributed by atoms with E-state index in [2.05, 4.69) is 18.3 Å². The fourth-order valence-electron chi connectivity index (χ4n) is 2.03. The van der Waals surface area contributed by atoms with Crippen LogP contribution in [-0.4, -0.2) is 25.3 Å². The number of hydrogen-bond acceptors (Lipinski definition) is 3. The first-order chi connectivity index (χ1) is 11.0. The molecule has 5 heteroatoms. The summed E-state index contributed by atoms with van der Waals surface area (Å²) in [6.07, 6.45) is 9.09. The second-order valence-electron chi connectivity index (χ2n) is 5.05. The molecule has 0 saturated heterocycles. The number of halogens is 1.